The molecular formula is C14H13F2NO3. The van der Waals surface area contributed by atoms with Crippen LogP contribution in [0.3, 0.4) is 0 Å². The highest BCUT2D eigenvalue weighted by molar-refractivity contribution is 5.93. The highest BCUT2D eigenvalue weighted by atomic mass is 19.3. The number of amides is 1. The summed E-state index contributed by atoms with van der Waals surface area (Å²) in [5.74, 6) is -0.295. The fourth-order valence-electron chi connectivity index (χ4n) is 2.30. The standard InChI is InChI=1S/C14H13F2NO3/c15-14(16)19-11-7-6-10(8-12(11)20-14)17-13(18)9-4-2-1-3-5-9/h1-2,6-9H,3-5H2,(H,17,18). The van der Waals surface area contributed by atoms with E-state index < -0.39 is 6.29 Å². The molecule has 1 amide bonds. The second-order valence-electron chi connectivity index (χ2n) is 4.80. The molecule has 20 heavy (non-hydrogen) atoms. The predicted octanol–water partition coefficient (Wildman–Crippen LogP) is 3.30. The number of carbonyl (C=O) groups is 1. The molecule has 0 saturated heterocycles. The van der Waals surface area contributed by atoms with Crippen molar-refractivity contribution in [1.82, 2.24) is 0 Å². The van der Waals surface area contributed by atoms with E-state index in [-0.39, 0.29) is 23.3 Å². The Morgan fingerprint density at radius 1 is 1.25 bits per heavy atom. The van der Waals surface area contributed by atoms with Gasteiger partial charge in [0.2, 0.25) is 5.91 Å². The number of fused-ring (bicyclic) bond motifs is 1. The topological polar surface area (TPSA) is 47.6 Å². The van der Waals surface area contributed by atoms with Crippen LogP contribution in [0.15, 0.2) is 30.4 Å². The lowest BCUT2D eigenvalue weighted by Crippen LogP contribution is -2.26. The van der Waals surface area contributed by atoms with Crippen molar-refractivity contribution in [3.63, 3.8) is 0 Å². The molecule has 1 aromatic carbocycles. The summed E-state index contributed by atoms with van der Waals surface area (Å²) in [6.45, 7) is 0. The third-order valence-electron chi connectivity index (χ3n) is 3.31. The van der Waals surface area contributed by atoms with Gasteiger partial charge in [-0.15, -0.1) is 8.78 Å². The summed E-state index contributed by atoms with van der Waals surface area (Å²) in [5, 5.41) is 2.72. The van der Waals surface area contributed by atoms with Crippen LogP contribution < -0.4 is 14.8 Å². The zero-order valence-electron chi connectivity index (χ0n) is 10.6. The maximum atomic E-state index is 12.9. The third kappa shape index (κ3) is 2.59. The number of carbonyl (C=O) groups excluding carboxylic acids is 1. The molecule has 2 aliphatic rings. The highest BCUT2D eigenvalue weighted by Crippen LogP contribution is 2.42. The first-order valence-corrected chi connectivity index (χ1v) is 6.39. The molecule has 1 aliphatic carbocycles. The van der Waals surface area contributed by atoms with E-state index in [0.29, 0.717) is 12.1 Å². The first-order valence-electron chi connectivity index (χ1n) is 6.39. The van der Waals surface area contributed by atoms with Gasteiger partial charge in [-0.3, -0.25) is 4.79 Å². The highest BCUT2D eigenvalue weighted by Gasteiger charge is 2.43. The molecular weight excluding hydrogens is 268 g/mol. The maximum absolute atomic E-state index is 12.9. The Bertz CT molecular complexity index is 572. The van der Waals surface area contributed by atoms with Crippen LogP contribution in [0.1, 0.15) is 19.3 Å². The summed E-state index contributed by atoms with van der Waals surface area (Å²) in [4.78, 5) is 12.0. The molecule has 0 saturated carbocycles. The molecule has 4 nitrogen and oxygen atoms in total. The van der Waals surface area contributed by atoms with Gasteiger partial charge in [-0.2, -0.15) is 0 Å². The molecule has 6 heteroatoms. The molecule has 0 bridgehead atoms. The van der Waals surface area contributed by atoms with Crippen molar-refractivity contribution < 1.29 is 23.0 Å². The molecule has 0 aromatic heterocycles. The van der Waals surface area contributed by atoms with Crippen LogP contribution in [0, 0.1) is 5.92 Å². The molecule has 1 heterocycles. The summed E-state index contributed by atoms with van der Waals surface area (Å²) in [6, 6.07) is 4.21. The van der Waals surface area contributed by atoms with E-state index in [1.807, 2.05) is 12.2 Å². The minimum atomic E-state index is -3.64. The van der Waals surface area contributed by atoms with Gasteiger partial charge >= 0.3 is 6.29 Å². The molecule has 3 rings (SSSR count). The van der Waals surface area contributed by atoms with E-state index in [0.717, 1.165) is 12.8 Å². The van der Waals surface area contributed by atoms with Gasteiger partial charge in [0.1, 0.15) is 0 Å². The monoisotopic (exact) mass is 281 g/mol. The maximum Gasteiger partial charge on any atom is 0.586 e. The van der Waals surface area contributed by atoms with Gasteiger partial charge in [0.15, 0.2) is 11.5 Å². The van der Waals surface area contributed by atoms with Crippen LogP contribution in [0.4, 0.5) is 14.5 Å². The molecule has 0 radical (unpaired) electrons. The largest absolute Gasteiger partial charge is 0.586 e. The molecule has 106 valence electrons. The Hall–Kier alpha value is -2.11. The normalized spacial score (nSPS) is 22.6. The Labute approximate surface area is 114 Å². The minimum absolute atomic E-state index is 0.0337. The number of allylic oxidation sites excluding steroid dienone is 2. The second kappa shape index (κ2) is 4.77. The second-order valence-corrected chi connectivity index (χ2v) is 4.80. The average molecular weight is 281 g/mol. The third-order valence-corrected chi connectivity index (χ3v) is 3.31. The molecule has 1 aromatic rings. The fraction of sp³-hybridized carbons (Fsp3) is 0.357. The van der Waals surface area contributed by atoms with E-state index in [9.17, 15) is 13.6 Å². The SMILES string of the molecule is O=C(Nc1ccc2c(c1)OC(F)(F)O2)C1CC=CCC1. The van der Waals surface area contributed by atoms with Crippen molar-refractivity contribution in [2.75, 3.05) is 5.32 Å². The Morgan fingerprint density at radius 3 is 2.80 bits per heavy atom. The summed E-state index contributed by atoms with van der Waals surface area (Å²) < 4.78 is 34.4. The number of alkyl halides is 2. The van der Waals surface area contributed by atoms with Crippen molar-refractivity contribution in [2.45, 2.75) is 25.6 Å². The summed E-state index contributed by atoms with van der Waals surface area (Å²) >= 11 is 0. The van der Waals surface area contributed by atoms with Gasteiger partial charge in [0, 0.05) is 17.7 Å². The molecule has 1 atom stereocenters. The summed E-state index contributed by atoms with van der Waals surface area (Å²) in [7, 11) is 0. The molecule has 0 fully saturated rings. The zero-order valence-corrected chi connectivity index (χ0v) is 10.6. The number of halogens is 2. The van der Waals surface area contributed by atoms with E-state index in [4.69, 9.17) is 0 Å². The Morgan fingerprint density at radius 2 is 2.05 bits per heavy atom. The Balaban J connectivity index is 1.70. The van der Waals surface area contributed by atoms with Crippen LogP contribution in [-0.4, -0.2) is 12.2 Å². The lowest BCUT2D eigenvalue weighted by molar-refractivity contribution is -0.286. The van der Waals surface area contributed by atoms with E-state index in [1.165, 1.54) is 18.2 Å². The van der Waals surface area contributed by atoms with Crippen LogP contribution in [-0.2, 0) is 4.79 Å². The molecule has 1 aliphatic heterocycles. The summed E-state index contributed by atoms with van der Waals surface area (Å²) in [6.07, 6.45) is 2.77. The number of nitrogens with one attached hydrogen (secondary N) is 1. The smallest absolute Gasteiger partial charge is 0.395 e. The fourth-order valence-corrected chi connectivity index (χ4v) is 2.30. The van der Waals surface area contributed by atoms with Crippen LogP contribution in [0.5, 0.6) is 11.5 Å². The molecule has 1 unspecified atom stereocenters. The van der Waals surface area contributed by atoms with Gasteiger partial charge in [0.25, 0.3) is 0 Å². The van der Waals surface area contributed by atoms with Crippen LogP contribution in [0.2, 0.25) is 0 Å². The first-order chi connectivity index (χ1) is 9.53. The van der Waals surface area contributed by atoms with Gasteiger partial charge in [-0.1, -0.05) is 12.2 Å². The van der Waals surface area contributed by atoms with Crippen molar-refractivity contribution >= 4 is 11.6 Å². The lowest BCUT2D eigenvalue weighted by atomic mass is 9.93. The van der Waals surface area contributed by atoms with E-state index >= 15 is 0 Å². The van der Waals surface area contributed by atoms with Crippen molar-refractivity contribution in [3.8, 4) is 11.5 Å². The number of benzene rings is 1. The number of rotatable bonds is 2. The van der Waals surface area contributed by atoms with Crippen LogP contribution >= 0.6 is 0 Å². The number of anilines is 1. The van der Waals surface area contributed by atoms with Gasteiger partial charge in [-0.25, -0.2) is 0 Å². The van der Waals surface area contributed by atoms with Crippen molar-refractivity contribution in [1.29, 1.82) is 0 Å². The van der Waals surface area contributed by atoms with E-state index in [1.54, 1.807) is 0 Å². The lowest BCUT2D eigenvalue weighted by Gasteiger charge is -2.17. The van der Waals surface area contributed by atoms with E-state index in [2.05, 4.69) is 14.8 Å². The van der Waals surface area contributed by atoms with Gasteiger partial charge in [-0.05, 0) is 31.4 Å². The van der Waals surface area contributed by atoms with Crippen molar-refractivity contribution in [2.24, 2.45) is 5.92 Å². The Kier molecular flexibility index (Phi) is 3.08. The predicted molar refractivity (Wildman–Crippen MR) is 67.8 cm³/mol. The first kappa shape index (κ1) is 12.9. The minimum Gasteiger partial charge on any atom is -0.395 e. The van der Waals surface area contributed by atoms with Gasteiger partial charge < -0.3 is 14.8 Å². The average Bonchev–Trinajstić information content (AvgIpc) is 2.73. The molecule has 0 spiro atoms. The quantitative estimate of drug-likeness (QED) is 0.846. The summed E-state index contributed by atoms with van der Waals surface area (Å²) in [5.41, 5.74) is 0.421. The molecule has 1 N–H and O–H groups in total. The van der Waals surface area contributed by atoms with Crippen LogP contribution in [0.25, 0.3) is 0 Å². The number of hydrogen-bond donors (Lipinski definition) is 1. The number of ether oxygens (including phenoxy) is 2. The zero-order chi connectivity index (χ0) is 14.2. The van der Waals surface area contributed by atoms with Crippen molar-refractivity contribution in [3.05, 3.63) is 30.4 Å². The van der Waals surface area contributed by atoms with Gasteiger partial charge in [0.05, 0.1) is 0 Å². The number of hydrogen-bond acceptors (Lipinski definition) is 3.